The third-order valence-corrected chi connectivity index (χ3v) is 1.69. The number of carbonyl (C=O) groups excluding carboxylic acids is 1. The second-order valence-electron chi connectivity index (χ2n) is 4.24. The molecular weight excluding hydrogens is 182 g/mol. The lowest BCUT2D eigenvalue weighted by Gasteiger charge is -2.23. The zero-order valence-electron chi connectivity index (χ0n) is 9.46. The predicted octanol–water partition coefficient (Wildman–Crippen LogP) is 0.689. The molecule has 0 aromatic heterocycles. The molecule has 4 heteroatoms. The molecule has 0 heterocycles. The first-order valence-electron chi connectivity index (χ1n) is 4.91. The highest BCUT2D eigenvalue weighted by molar-refractivity contribution is 5.76. The van der Waals surface area contributed by atoms with Crippen LogP contribution in [0.3, 0.4) is 0 Å². The van der Waals surface area contributed by atoms with Crippen LogP contribution in [0.25, 0.3) is 0 Å². The van der Waals surface area contributed by atoms with Crippen LogP contribution in [0.15, 0.2) is 0 Å². The number of esters is 1. The molecule has 0 aromatic rings. The number of hydrogen-bond donors (Lipinski definition) is 2. The quantitative estimate of drug-likeness (QED) is 0.645. The van der Waals surface area contributed by atoms with E-state index in [2.05, 4.69) is 5.32 Å². The van der Waals surface area contributed by atoms with Gasteiger partial charge < -0.3 is 15.2 Å². The predicted molar refractivity (Wildman–Crippen MR) is 55.0 cm³/mol. The Bertz CT molecular complexity index is 175. The highest BCUT2D eigenvalue weighted by Gasteiger charge is 2.23. The summed E-state index contributed by atoms with van der Waals surface area (Å²) in [7, 11) is 1.71. The lowest BCUT2D eigenvalue weighted by molar-refractivity contribution is -0.157. The Morgan fingerprint density at radius 3 is 2.43 bits per heavy atom. The van der Waals surface area contributed by atoms with E-state index in [-0.39, 0.29) is 18.6 Å². The van der Waals surface area contributed by atoms with E-state index in [4.69, 9.17) is 9.84 Å². The van der Waals surface area contributed by atoms with Gasteiger partial charge in [-0.15, -0.1) is 0 Å². The van der Waals surface area contributed by atoms with E-state index in [0.717, 1.165) is 0 Å². The number of nitrogens with one attached hydrogen (secondary N) is 1. The Morgan fingerprint density at radius 2 is 2.07 bits per heavy atom. The number of rotatable bonds is 5. The third-order valence-electron chi connectivity index (χ3n) is 1.69. The summed E-state index contributed by atoms with van der Waals surface area (Å²) in [6.45, 7) is 5.61. The minimum absolute atomic E-state index is 0.0982. The molecule has 0 saturated carbocycles. The second kappa shape index (κ2) is 5.98. The van der Waals surface area contributed by atoms with Gasteiger partial charge in [0.05, 0.1) is 0 Å². The molecule has 0 radical (unpaired) electrons. The molecule has 14 heavy (non-hydrogen) atoms. The van der Waals surface area contributed by atoms with Gasteiger partial charge in [0.1, 0.15) is 11.6 Å². The first-order valence-corrected chi connectivity index (χ1v) is 4.91. The molecule has 0 aliphatic rings. The van der Waals surface area contributed by atoms with Crippen LogP contribution in [0.1, 0.15) is 33.6 Å². The summed E-state index contributed by atoms with van der Waals surface area (Å²) < 4.78 is 5.20. The molecule has 0 aromatic carbocycles. The Kier molecular flexibility index (Phi) is 5.72. The fourth-order valence-electron chi connectivity index (χ4n) is 1.05. The molecule has 0 saturated heterocycles. The van der Waals surface area contributed by atoms with Crippen molar-refractivity contribution in [3.8, 4) is 0 Å². The average Bonchev–Trinajstić information content (AvgIpc) is 2.02. The van der Waals surface area contributed by atoms with Crippen LogP contribution >= 0.6 is 0 Å². The van der Waals surface area contributed by atoms with Gasteiger partial charge in [-0.25, -0.2) is 0 Å². The van der Waals surface area contributed by atoms with Gasteiger partial charge in [-0.05, 0) is 40.7 Å². The van der Waals surface area contributed by atoms with Crippen molar-refractivity contribution >= 4 is 5.97 Å². The number of likely N-dealkylation sites (N-methyl/N-ethyl adjacent to an activating group) is 1. The van der Waals surface area contributed by atoms with E-state index in [1.165, 1.54) is 0 Å². The number of hydrogen-bond acceptors (Lipinski definition) is 4. The van der Waals surface area contributed by atoms with Crippen molar-refractivity contribution in [2.75, 3.05) is 13.7 Å². The Morgan fingerprint density at radius 1 is 1.50 bits per heavy atom. The fraction of sp³-hybridized carbons (Fsp3) is 0.900. The summed E-state index contributed by atoms with van der Waals surface area (Å²) in [5.74, 6) is -0.256. The van der Waals surface area contributed by atoms with Crippen molar-refractivity contribution in [2.24, 2.45) is 0 Å². The lowest BCUT2D eigenvalue weighted by atomic mass is 10.1. The highest BCUT2D eigenvalue weighted by atomic mass is 16.6. The van der Waals surface area contributed by atoms with Gasteiger partial charge in [-0.1, -0.05) is 0 Å². The first-order chi connectivity index (χ1) is 6.40. The molecule has 0 bridgehead atoms. The maximum Gasteiger partial charge on any atom is 0.323 e. The van der Waals surface area contributed by atoms with Crippen LogP contribution in [-0.2, 0) is 9.53 Å². The molecule has 0 aliphatic carbocycles. The second-order valence-corrected chi connectivity index (χ2v) is 4.24. The van der Waals surface area contributed by atoms with Crippen molar-refractivity contribution in [3.63, 3.8) is 0 Å². The summed E-state index contributed by atoms with van der Waals surface area (Å²) in [4.78, 5) is 11.5. The standard InChI is InChI=1S/C10H21NO3/c1-10(2,3)14-9(13)8(11-4)6-5-7-12/h8,11-12H,5-7H2,1-4H3/t8-/m0/s1. The normalized spacial score (nSPS) is 13.8. The lowest BCUT2D eigenvalue weighted by Crippen LogP contribution is -2.39. The van der Waals surface area contributed by atoms with Gasteiger partial charge in [-0.2, -0.15) is 0 Å². The molecule has 0 fully saturated rings. The molecule has 0 rings (SSSR count). The maximum absolute atomic E-state index is 11.5. The van der Waals surface area contributed by atoms with E-state index < -0.39 is 5.60 Å². The van der Waals surface area contributed by atoms with Gasteiger partial charge in [0, 0.05) is 6.61 Å². The molecule has 1 atom stereocenters. The summed E-state index contributed by atoms with van der Waals surface area (Å²) in [5, 5.41) is 11.5. The van der Waals surface area contributed by atoms with Crippen LogP contribution in [0.2, 0.25) is 0 Å². The Balaban J connectivity index is 4.04. The summed E-state index contributed by atoms with van der Waals surface area (Å²) in [6, 6.07) is -0.318. The number of carbonyl (C=O) groups is 1. The zero-order valence-corrected chi connectivity index (χ0v) is 9.46. The molecule has 84 valence electrons. The average molecular weight is 203 g/mol. The molecule has 4 nitrogen and oxygen atoms in total. The van der Waals surface area contributed by atoms with Gasteiger partial charge in [-0.3, -0.25) is 4.79 Å². The summed E-state index contributed by atoms with van der Waals surface area (Å²) in [5.41, 5.74) is -0.453. The number of ether oxygens (including phenoxy) is 1. The monoisotopic (exact) mass is 203 g/mol. The molecule has 0 spiro atoms. The summed E-state index contributed by atoms with van der Waals surface area (Å²) in [6.07, 6.45) is 1.20. The highest BCUT2D eigenvalue weighted by Crippen LogP contribution is 2.10. The SMILES string of the molecule is CN[C@@H](CCCO)C(=O)OC(C)(C)C. The zero-order chi connectivity index (χ0) is 11.2. The number of aliphatic hydroxyl groups is 1. The minimum atomic E-state index is -0.453. The Labute approximate surface area is 85.6 Å². The van der Waals surface area contributed by atoms with Gasteiger partial charge in [0.15, 0.2) is 0 Å². The van der Waals surface area contributed by atoms with E-state index in [0.29, 0.717) is 12.8 Å². The number of aliphatic hydroxyl groups excluding tert-OH is 1. The van der Waals surface area contributed by atoms with Gasteiger partial charge >= 0.3 is 5.97 Å². The van der Waals surface area contributed by atoms with Crippen molar-refractivity contribution in [1.29, 1.82) is 0 Å². The fourth-order valence-corrected chi connectivity index (χ4v) is 1.05. The van der Waals surface area contributed by atoms with Gasteiger partial charge in [0.2, 0.25) is 0 Å². The van der Waals surface area contributed by atoms with Crippen LogP contribution in [0.5, 0.6) is 0 Å². The first kappa shape index (κ1) is 13.4. The van der Waals surface area contributed by atoms with Crippen LogP contribution < -0.4 is 5.32 Å². The third kappa shape index (κ3) is 5.94. The molecule has 0 unspecified atom stereocenters. The molecule has 2 N–H and O–H groups in total. The van der Waals surface area contributed by atoms with Crippen molar-refractivity contribution < 1.29 is 14.6 Å². The smallest absolute Gasteiger partial charge is 0.323 e. The molecule has 0 amide bonds. The van der Waals surface area contributed by atoms with Gasteiger partial charge in [0.25, 0.3) is 0 Å². The van der Waals surface area contributed by atoms with Crippen LogP contribution in [0.4, 0.5) is 0 Å². The van der Waals surface area contributed by atoms with Crippen molar-refractivity contribution in [2.45, 2.75) is 45.3 Å². The van der Waals surface area contributed by atoms with E-state index in [1.54, 1.807) is 7.05 Å². The van der Waals surface area contributed by atoms with Crippen molar-refractivity contribution in [1.82, 2.24) is 5.32 Å². The maximum atomic E-state index is 11.5. The van der Waals surface area contributed by atoms with E-state index >= 15 is 0 Å². The van der Waals surface area contributed by atoms with E-state index in [1.807, 2.05) is 20.8 Å². The Hall–Kier alpha value is -0.610. The topological polar surface area (TPSA) is 58.6 Å². The van der Waals surface area contributed by atoms with E-state index in [9.17, 15) is 4.79 Å². The molecule has 0 aliphatic heterocycles. The largest absolute Gasteiger partial charge is 0.459 e. The minimum Gasteiger partial charge on any atom is -0.459 e. The summed E-state index contributed by atoms with van der Waals surface area (Å²) >= 11 is 0. The van der Waals surface area contributed by atoms with Crippen molar-refractivity contribution in [3.05, 3.63) is 0 Å². The van der Waals surface area contributed by atoms with Crippen LogP contribution in [0, 0.1) is 0 Å². The molecular formula is C10H21NO3. The van der Waals surface area contributed by atoms with Crippen LogP contribution in [-0.4, -0.2) is 36.4 Å².